The van der Waals surface area contributed by atoms with Crippen LogP contribution >= 0.6 is 0 Å². The highest BCUT2D eigenvalue weighted by Gasteiger charge is 2.21. The van der Waals surface area contributed by atoms with Crippen LogP contribution in [0.1, 0.15) is 40.5 Å². The number of carbonyl (C=O) groups is 2. The van der Waals surface area contributed by atoms with E-state index >= 15 is 0 Å². The van der Waals surface area contributed by atoms with Gasteiger partial charge in [0.15, 0.2) is 0 Å². The second kappa shape index (κ2) is 8.87. The fourth-order valence-corrected chi connectivity index (χ4v) is 1.29. The maximum absolute atomic E-state index is 11.5. The molecule has 19 heavy (non-hydrogen) atoms. The van der Waals surface area contributed by atoms with Crippen molar-refractivity contribution in [3.05, 3.63) is 0 Å². The van der Waals surface area contributed by atoms with Crippen molar-refractivity contribution in [2.75, 3.05) is 19.8 Å². The van der Waals surface area contributed by atoms with Crippen LogP contribution in [0.5, 0.6) is 0 Å². The molecule has 0 radical (unpaired) electrons. The smallest absolute Gasteiger partial charge is 0.326 e. The van der Waals surface area contributed by atoms with E-state index in [9.17, 15) is 9.59 Å². The predicted octanol–water partition coefficient (Wildman–Crippen LogP) is 1.19. The summed E-state index contributed by atoms with van der Waals surface area (Å²) in [5, 5.41) is 11.4. The quantitative estimate of drug-likeness (QED) is 0.617. The van der Waals surface area contributed by atoms with Crippen LogP contribution in [0.25, 0.3) is 0 Å². The molecule has 1 atom stereocenters. The molecule has 0 rings (SSSR count). The molecule has 0 aromatic heterocycles. The summed E-state index contributed by atoms with van der Waals surface area (Å²) in [4.78, 5) is 22.5. The van der Waals surface area contributed by atoms with Crippen LogP contribution in [0.4, 0.5) is 0 Å². The minimum atomic E-state index is -1.07. The molecule has 0 fully saturated rings. The van der Waals surface area contributed by atoms with Gasteiger partial charge in [0.25, 0.3) is 0 Å². The molecule has 0 bridgehead atoms. The summed E-state index contributed by atoms with van der Waals surface area (Å²) < 4.78 is 10.5. The predicted molar refractivity (Wildman–Crippen MR) is 71.0 cm³/mol. The molecule has 0 saturated heterocycles. The number of ether oxygens (including phenoxy) is 2. The molecular formula is C13H25NO5. The Bertz CT molecular complexity index is 285. The third-order valence-electron chi connectivity index (χ3n) is 2.16. The fraction of sp³-hybridized carbons (Fsp3) is 0.846. The minimum absolute atomic E-state index is 0.113. The van der Waals surface area contributed by atoms with Gasteiger partial charge < -0.3 is 19.9 Å². The van der Waals surface area contributed by atoms with E-state index in [0.717, 1.165) is 6.42 Å². The van der Waals surface area contributed by atoms with Crippen molar-refractivity contribution in [3.63, 3.8) is 0 Å². The van der Waals surface area contributed by atoms with E-state index in [1.807, 2.05) is 27.7 Å². The summed E-state index contributed by atoms with van der Waals surface area (Å²) >= 11 is 0. The first-order valence-electron chi connectivity index (χ1n) is 6.50. The highest BCUT2D eigenvalue weighted by Crippen LogP contribution is 2.08. The second-order valence-electron chi connectivity index (χ2n) is 5.26. The van der Waals surface area contributed by atoms with Crippen LogP contribution in [0.3, 0.4) is 0 Å². The van der Waals surface area contributed by atoms with Gasteiger partial charge in [0.1, 0.15) is 12.6 Å². The van der Waals surface area contributed by atoms with Crippen molar-refractivity contribution >= 4 is 11.9 Å². The van der Waals surface area contributed by atoms with Crippen molar-refractivity contribution in [2.45, 2.75) is 52.2 Å². The Balaban J connectivity index is 4.05. The fourth-order valence-electron chi connectivity index (χ4n) is 1.29. The average Bonchev–Trinajstić information content (AvgIpc) is 2.26. The molecule has 0 aromatic carbocycles. The van der Waals surface area contributed by atoms with Crippen molar-refractivity contribution in [2.24, 2.45) is 0 Å². The third kappa shape index (κ3) is 10.5. The van der Waals surface area contributed by atoms with E-state index in [-0.39, 0.29) is 25.2 Å². The van der Waals surface area contributed by atoms with Gasteiger partial charge in [-0.1, -0.05) is 6.92 Å². The van der Waals surface area contributed by atoms with E-state index in [1.165, 1.54) is 0 Å². The second-order valence-corrected chi connectivity index (χ2v) is 5.26. The Labute approximate surface area is 114 Å². The average molecular weight is 275 g/mol. The molecule has 0 aliphatic carbocycles. The number of carboxylic acid groups (broad SMARTS) is 1. The highest BCUT2D eigenvalue weighted by molar-refractivity contribution is 5.84. The van der Waals surface area contributed by atoms with E-state index in [0.29, 0.717) is 6.61 Å². The lowest BCUT2D eigenvalue weighted by Crippen LogP contribution is -2.43. The van der Waals surface area contributed by atoms with Crippen molar-refractivity contribution in [3.8, 4) is 0 Å². The van der Waals surface area contributed by atoms with Crippen LogP contribution in [0, 0.1) is 0 Å². The monoisotopic (exact) mass is 275 g/mol. The number of carbonyl (C=O) groups excluding carboxylic acids is 1. The van der Waals surface area contributed by atoms with Gasteiger partial charge in [0, 0.05) is 19.6 Å². The zero-order valence-electron chi connectivity index (χ0n) is 12.2. The van der Waals surface area contributed by atoms with E-state index < -0.39 is 17.9 Å². The Morgan fingerprint density at radius 3 is 2.37 bits per heavy atom. The molecule has 1 unspecified atom stereocenters. The Morgan fingerprint density at radius 1 is 1.26 bits per heavy atom. The standard InChI is InChI=1S/C13H25NO5/c1-5-7-18-9-11(15)14-10(12(16)17)6-8-19-13(2,3)4/h10H,5-9H2,1-4H3,(H,14,15)(H,16,17). The van der Waals surface area contributed by atoms with Crippen molar-refractivity contribution in [1.82, 2.24) is 5.32 Å². The van der Waals surface area contributed by atoms with E-state index in [4.69, 9.17) is 14.6 Å². The van der Waals surface area contributed by atoms with Gasteiger partial charge in [-0.3, -0.25) is 4.79 Å². The number of rotatable bonds is 9. The van der Waals surface area contributed by atoms with Crippen LogP contribution in [0.2, 0.25) is 0 Å². The molecule has 0 heterocycles. The summed E-state index contributed by atoms with van der Waals surface area (Å²) in [6.45, 7) is 8.24. The van der Waals surface area contributed by atoms with Crippen molar-refractivity contribution in [1.29, 1.82) is 0 Å². The lowest BCUT2D eigenvalue weighted by atomic mass is 10.2. The number of aliphatic carboxylic acids is 1. The van der Waals surface area contributed by atoms with Gasteiger partial charge in [-0.2, -0.15) is 0 Å². The normalized spacial score (nSPS) is 13.1. The summed E-state index contributed by atoms with van der Waals surface area (Å²) in [7, 11) is 0. The van der Waals surface area contributed by atoms with Crippen molar-refractivity contribution < 1.29 is 24.2 Å². The zero-order valence-corrected chi connectivity index (χ0v) is 12.2. The molecule has 0 aliphatic heterocycles. The molecule has 6 nitrogen and oxygen atoms in total. The largest absolute Gasteiger partial charge is 0.480 e. The Kier molecular flexibility index (Phi) is 8.34. The number of nitrogens with one attached hydrogen (secondary N) is 1. The number of hydrogen-bond acceptors (Lipinski definition) is 4. The molecule has 0 saturated carbocycles. The first-order valence-corrected chi connectivity index (χ1v) is 6.50. The molecule has 0 aliphatic rings. The summed E-state index contributed by atoms with van der Waals surface area (Å²) in [5.41, 5.74) is -0.322. The minimum Gasteiger partial charge on any atom is -0.480 e. The topological polar surface area (TPSA) is 84.9 Å². The SMILES string of the molecule is CCCOCC(=O)NC(CCOC(C)(C)C)C(=O)O. The van der Waals surface area contributed by atoms with Crippen LogP contribution in [-0.4, -0.2) is 48.4 Å². The molecule has 0 spiro atoms. The lowest BCUT2D eigenvalue weighted by Gasteiger charge is -2.21. The molecule has 2 N–H and O–H groups in total. The highest BCUT2D eigenvalue weighted by atomic mass is 16.5. The summed E-state index contributed by atoms with van der Waals surface area (Å²) in [5.74, 6) is -1.49. The Morgan fingerprint density at radius 2 is 1.89 bits per heavy atom. The van der Waals surface area contributed by atoms with Gasteiger partial charge >= 0.3 is 5.97 Å². The van der Waals surface area contributed by atoms with Gasteiger partial charge in [0.2, 0.25) is 5.91 Å². The third-order valence-corrected chi connectivity index (χ3v) is 2.16. The van der Waals surface area contributed by atoms with Gasteiger partial charge in [0.05, 0.1) is 5.60 Å². The molecular weight excluding hydrogens is 250 g/mol. The first kappa shape index (κ1) is 17.9. The number of amides is 1. The molecule has 1 amide bonds. The molecule has 6 heteroatoms. The number of carboxylic acids is 1. The van der Waals surface area contributed by atoms with E-state index in [2.05, 4.69) is 5.32 Å². The maximum atomic E-state index is 11.5. The van der Waals surface area contributed by atoms with Gasteiger partial charge in [-0.15, -0.1) is 0 Å². The zero-order chi connectivity index (χ0) is 14.9. The molecule has 0 aromatic rings. The van der Waals surface area contributed by atoms with Crippen LogP contribution in [0.15, 0.2) is 0 Å². The lowest BCUT2D eigenvalue weighted by molar-refractivity contribution is -0.143. The summed E-state index contributed by atoms with van der Waals surface area (Å²) in [6, 6.07) is -0.944. The summed E-state index contributed by atoms with van der Waals surface area (Å²) in [6.07, 6.45) is 1.04. The maximum Gasteiger partial charge on any atom is 0.326 e. The van der Waals surface area contributed by atoms with E-state index in [1.54, 1.807) is 0 Å². The van der Waals surface area contributed by atoms with Gasteiger partial charge in [-0.25, -0.2) is 4.79 Å². The Hall–Kier alpha value is -1.14. The van der Waals surface area contributed by atoms with Crippen LogP contribution in [-0.2, 0) is 19.1 Å². The number of hydrogen-bond donors (Lipinski definition) is 2. The van der Waals surface area contributed by atoms with Crippen LogP contribution < -0.4 is 5.32 Å². The molecule has 112 valence electrons. The first-order chi connectivity index (χ1) is 8.76. The van der Waals surface area contributed by atoms with Gasteiger partial charge in [-0.05, 0) is 27.2 Å².